The Hall–Kier alpha value is -2.59. The Labute approximate surface area is 157 Å². The first-order valence-electron chi connectivity index (χ1n) is 8.45. The van der Waals surface area contributed by atoms with Crippen molar-refractivity contribution in [2.24, 2.45) is 0 Å². The summed E-state index contributed by atoms with van der Waals surface area (Å²) >= 11 is 6.09. The number of likely N-dealkylation sites (N-methyl/N-ethyl adjacent to an activating group) is 2. The van der Waals surface area contributed by atoms with Crippen LogP contribution >= 0.6 is 11.6 Å². The molecule has 2 amide bonds. The highest BCUT2D eigenvalue weighted by molar-refractivity contribution is 6.30. The average Bonchev–Trinajstić information content (AvgIpc) is 2.80. The number of hydrogen-bond acceptors (Lipinski definition) is 2. The molecule has 1 spiro atoms. The molecule has 0 bridgehead atoms. The number of ketones is 1. The summed E-state index contributed by atoms with van der Waals surface area (Å²) in [5.41, 5.74) is 0.916. The molecular formula is C21H19ClN2O2. The molecule has 1 heterocycles. The summed E-state index contributed by atoms with van der Waals surface area (Å²) in [6.45, 7) is 2.04. The van der Waals surface area contributed by atoms with Gasteiger partial charge in [0.05, 0.1) is 5.54 Å². The first kappa shape index (κ1) is 16.9. The van der Waals surface area contributed by atoms with Crippen LogP contribution in [0.5, 0.6) is 0 Å². The molecule has 2 aromatic rings. The molecule has 1 saturated heterocycles. The van der Waals surface area contributed by atoms with E-state index in [9.17, 15) is 9.59 Å². The standard InChI is InChI=1S/C21H19ClN2O2/c1-20(14-8-10-15(22)11-9-14)21(24(3)19(26)23(20)2)13-12-18(25)16-6-4-5-7-17(16)21/h4-13H,1-3H3/t20-,21-/m1/s1. The minimum atomic E-state index is -0.794. The number of nitrogens with zero attached hydrogens (tertiary/aromatic N) is 2. The molecule has 2 atom stereocenters. The molecule has 2 aliphatic rings. The Balaban J connectivity index is 2.07. The highest BCUT2D eigenvalue weighted by Crippen LogP contribution is 2.55. The second-order valence-electron chi connectivity index (χ2n) is 6.99. The zero-order chi connectivity index (χ0) is 18.7. The number of benzene rings is 2. The van der Waals surface area contributed by atoms with Gasteiger partial charge in [-0.3, -0.25) is 4.79 Å². The van der Waals surface area contributed by atoms with Crippen LogP contribution in [0.2, 0.25) is 5.02 Å². The number of rotatable bonds is 1. The van der Waals surface area contributed by atoms with E-state index in [1.165, 1.54) is 0 Å². The Bertz CT molecular complexity index is 953. The van der Waals surface area contributed by atoms with Crippen molar-refractivity contribution in [1.29, 1.82) is 0 Å². The van der Waals surface area contributed by atoms with E-state index in [1.807, 2.05) is 61.5 Å². The van der Waals surface area contributed by atoms with Gasteiger partial charge < -0.3 is 9.80 Å². The lowest BCUT2D eigenvalue weighted by Crippen LogP contribution is -2.54. The maximum atomic E-state index is 13.0. The van der Waals surface area contributed by atoms with Crippen LogP contribution in [0.15, 0.2) is 60.7 Å². The largest absolute Gasteiger partial charge is 0.321 e. The molecule has 2 aromatic carbocycles. The molecule has 0 aromatic heterocycles. The third-order valence-corrected chi connectivity index (χ3v) is 6.25. The van der Waals surface area contributed by atoms with Gasteiger partial charge in [-0.1, -0.05) is 48.0 Å². The number of hydrogen-bond donors (Lipinski definition) is 0. The molecule has 0 saturated carbocycles. The molecule has 1 fully saturated rings. The summed E-state index contributed by atoms with van der Waals surface area (Å²) < 4.78 is 0. The third kappa shape index (κ3) is 1.85. The molecule has 1 aliphatic heterocycles. The fraction of sp³-hybridized carbons (Fsp3) is 0.238. The summed E-state index contributed by atoms with van der Waals surface area (Å²) in [6, 6.07) is 15.0. The van der Waals surface area contributed by atoms with Gasteiger partial charge in [0, 0.05) is 24.7 Å². The van der Waals surface area contributed by atoms with Crippen LogP contribution in [0.4, 0.5) is 4.79 Å². The van der Waals surface area contributed by atoms with Crippen molar-refractivity contribution >= 4 is 23.4 Å². The Kier molecular flexibility index (Phi) is 3.53. The Morgan fingerprint density at radius 3 is 2.27 bits per heavy atom. The third-order valence-electron chi connectivity index (χ3n) is 6.00. The van der Waals surface area contributed by atoms with Gasteiger partial charge in [0.1, 0.15) is 5.54 Å². The van der Waals surface area contributed by atoms with Crippen molar-refractivity contribution in [3.05, 3.63) is 82.4 Å². The van der Waals surface area contributed by atoms with Crippen LogP contribution in [0, 0.1) is 0 Å². The second kappa shape index (κ2) is 5.45. The van der Waals surface area contributed by atoms with Crippen LogP contribution in [0.3, 0.4) is 0 Å². The number of carbonyl (C=O) groups is 2. The predicted octanol–water partition coefficient (Wildman–Crippen LogP) is 4.20. The Morgan fingerprint density at radius 1 is 0.923 bits per heavy atom. The molecule has 132 valence electrons. The first-order valence-corrected chi connectivity index (χ1v) is 8.82. The number of allylic oxidation sites excluding steroid dienone is 1. The molecule has 0 unspecified atom stereocenters. The lowest BCUT2D eigenvalue weighted by molar-refractivity contribution is 0.0982. The lowest BCUT2D eigenvalue weighted by atomic mass is 9.66. The average molecular weight is 367 g/mol. The van der Waals surface area contributed by atoms with E-state index < -0.39 is 11.1 Å². The molecular weight excluding hydrogens is 348 g/mol. The van der Waals surface area contributed by atoms with Crippen LogP contribution in [-0.4, -0.2) is 35.7 Å². The molecule has 0 radical (unpaired) electrons. The van der Waals surface area contributed by atoms with E-state index in [-0.39, 0.29) is 11.8 Å². The van der Waals surface area contributed by atoms with Gasteiger partial charge >= 0.3 is 6.03 Å². The highest BCUT2D eigenvalue weighted by Gasteiger charge is 2.64. The van der Waals surface area contributed by atoms with E-state index in [0.29, 0.717) is 10.6 Å². The van der Waals surface area contributed by atoms with Crippen molar-refractivity contribution in [2.45, 2.75) is 18.0 Å². The van der Waals surface area contributed by atoms with Gasteiger partial charge in [-0.25, -0.2) is 4.79 Å². The smallest absolute Gasteiger partial charge is 0.315 e. The maximum Gasteiger partial charge on any atom is 0.321 e. The topological polar surface area (TPSA) is 40.6 Å². The Morgan fingerprint density at radius 2 is 1.58 bits per heavy atom. The number of fused-ring (bicyclic) bond motifs is 2. The quantitative estimate of drug-likeness (QED) is 0.758. The normalized spacial score (nSPS) is 27.4. The van der Waals surface area contributed by atoms with Crippen LogP contribution in [-0.2, 0) is 11.1 Å². The van der Waals surface area contributed by atoms with Crippen LogP contribution in [0.25, 0.3) is 0 Å². The highest BCUT2D eigenvalue weighted by atomic mass is 35.5. The number of halogens is 1. The van der Waals surface area contributed by atoms with E-state index >= 15 is 0 Å². The fourth-order valence-corrected chi connectivity index (χ4v) is 4.59. The summed E-state index contributed by atoms with van der Waals surface area (Å²) in [6.07, 6.45) is 3.45. The van der Waals surface area contributed by atoms with Crippen molar-refractivity contribution in [3.63, 3.8) is 0 Å². The number of urea groups is 1. The van der Waals surface area contributed by atoms with Gasteiger partial charge in [0.2, 0.25) is 0 Å². The lowest BCUT2D eigenvalue weighted by Gasteiger charge is -2.48. The minimum Gasteiger partial charge on any atom is -0.315 e. The number of carbonyl (C=O) groups excluding carboxylic acids is 2. The van der Waals surface area contributed by atoms with E-state index in [2.05, 4.69) is 0 Å². The van der Waals surface area contributed by atoms with Crippen molar-refractivity contribution in [3.8, 4) is 0 Å². The van der Waals surface area contributed by atoms with E-state index in [4.69, 9.17) is 11.6 Å². The van der Waals surface area contributed by atoms with Gasteiger partial charge in [-0.05, 0) is 42.3 Å². The second-order valence-corrected chi connectivity index (χ2v) is 7.43. The molecule has 1 aliphatic carbocycles. The molecule has 0 N–H and O–H groups in total. The molecule has 4 nitrogen and oxygen atoms in total. The predicted molar refractivity (Wildman–Crippen MR) is 101 cm³/mol. The summed E-state index contributed by atoms with van der Waals surface area (Å²) in [5, 5.41) is 0.640. The van der Waals surface area contributed by atoms with Gasteiger partial charge in [0.15, 0.2) is 5.78 Å². The van der Waals surface area contributed by atoms with Gasteiger partial charge in [-0.2, -0.15) is 0 Å². The van der Waals surface area contributed by atoms with E-state index in [1.54, 1.807) is 30.0 Å². The summed E-state index contributed by atoms with van der Waals surface area (Å²) in [4.78, 5) is 29.0. The monoisotopic (exact) mass is 366 g/mol. The van der Waals surface area contributed by atoms with Crippen molar-refractivity contribution < 1.29 is 9.59 Å². The van der Waals surface area contributed by atoms with Crippen LogP contribution < -0.4 is 0 Å². The minimum absolute atomic E-state index is 0.0416. The van der Waals surface area contributed by atoms with Crippen LogP contribution in [0.1, 0.15) is 28.4 Å². The number of amides is 2. The first-order chi connectivity index (χ1) is 12.3. The van der Waals surface area contributed by atoms with E-state index in [0.717, 1.165) is 11.1 Å². The molecule has 26 heavy (non-hydrogen) atoms. The van der Waals surface area contributed by atoms with Gasteiger partial charge in [-0.15, -0.1) is 0 Å². The zero-order valence-corrected chi connectivity index (χ0v) is 15.6. The molecule has 4 rings (SSSR count). The fourth-order valence-electron chi connectivity index (χ4n) is 4.46. The van der Waals surface area contributed by atoms with Gasteiger partial charge in [0.25, 0.3) is 0 Å². The summed E-state index contributed by atoms with van der Waals surface area (Å²) in [5.74, 6) is -0.0416. The van der Waals surface area contributed by atoms with Crippen molar-refractivity contribution in [1.82, 2.24) is 9.80 Å². The zero-order valence-electron chi connectivity index (χ0n) is 14.9. The maximum absolute atomic E-state index is 13.0. The molecule has 5 heteroatoms. The summed E-state index contributed by atoms with van der Waals surface area (Å²) in [7, 11) is 3.59. The SMILES string of the molecule is CN1C(=O)N(C)[C@@]2(C=CC(=O)c3ccccc32)[C@@]1(C)c1ccc(Cl)cc1. The van der Waals surface area contributed by atoms with Crippen molar-refractivity contribution in [2.75, 3.05) is 14.1 Å².